The first-order chi connectivity index (χ1) is 16.5. The molecule has 1 amide bonds. The molecule has 184 valence electrons. The van der Waals surface area contributed by atoms with E-state index in [0.29, 0.717) is 18.9 Å². The molecule has 5 N–H and O–H groups in total. The van der Waals surface area contributed by atoms with Gasteiger partial charge in [-0.3, -0.25) is 9.78 Å². The van der Waals surface area contributed by atoms with Crippen LogP contribution in [0, 0.1) is 0 Å². The molecule has 35 heavy (non-hydrogen) atoms. The van der Waals surface area contributed by atoms with E-state index in [0.717, 1.165) is 36.9 Å². The molecule has 10 nitrogen and oxygen atoms in total. The van der Waals surface area contributed by atoms with E-state index in [1.54, 1.807) is 6.07 Å². The van der Waals surface area contributed by atoms with Crippen LogP contribution < -0.4 is 26.4 Å². The number of amides is 1. The number of nitrogens with one attached hydrogen (secondary N) is 1. The number of nitrogens with two attached hydrogens (primary N) is 2. The lowest BCUT2D eigenvalue weighted by atomic mass is 9.91. The predicted octanol–water partition coefficient (Wildman–Crippen LogP) is 2.98. The predicted molar refractivity (Wildman–Crippen MR) is 123 cm³/mol. The van der Waals surface area contributed by atoms with Gasteiger partial charge >= 0.3 is 6.36 Å². The number of nitrogen functional groups attached to an aromatic ring is 1. The number of ether oxygens (including phenoxy) is 1. The van der Waals surface area contributed by atoms with Crippen molar-refractivity contribution in [3.8, 4) is 17.1 Å². The molecule has 1 saturated heterocycles. The molecule has 3 aromatic heterocycles. The van der Waals surface area contributed by atoms with Gasteiger partial charge in [-0.05, 0) is 38.0 Å². The smallest absolute Gasteiger partial charge is 0.406 e. The standard InChI is InChI=1S/C22H23F3N8O2/c1-21(27)5-9-33(10-6-21)16-3-2-7-29-19(16)32-20(34)17-18(26)30-12-15(31-17)14-11-13(4-8-28-14)35-22(23,24)25/h2-4,7-8,11-12H,5-6,9-10,27H2,1H3,(H2,26,30)(H,29,32,34). The Labute approximate surface area is 198 Å². The van der Waals surface area contributed by atoms with Crippen LogP contribution in [0.4, 0.5) is 30.5 Å². The molecule has 0 radical (unpaired) electrons. The highest BCUT2D eigenvalue weighted by Crippen LogP contribution is 2.30. The van der Waals surface area contributed by atoms with E-state index in [4.69, 9.17) is 11.5 Å². The summed E-state index contributed by atoms with van der Waals surface area (Å²) in [5.41, 5.74) is 12.4. The summed E-state index contributed by atoms with van der Waals surface area (Å²) in [6, 6.07) is 5.68. The molecule has 0 aliphatic carbocycles. The van der Waals surface area contributed by atoms with Crippen molar-refractivity contribution in [2.24, 2.45) is 5.73 Å². The Kier molecular flexibility index (Phi) is 6.43. The topological polar surface area (TPSA) is 145 Å². The molecule has 0 saturated carbocycles. The monoisotopic (exact) mass is 488 g/mol. The average molecular weight is 488 g/mol. The van der Waals surface area contributed by atoms with Crippen molar-refractivity contribution >= 4 is 23.2 Å². The van der Waals surface area contributed by atoms with Crippen LogP contribution in [0.25, 0.3) is 11.4 Å². The number of hydrogen-bond donors (Lipinski definition) is 3. The maximum Gasteiger partial charge on any atom is 0.573 e. The molecular formula is C22H23F3N8O2. The van der Waals surface area contributed by atoms with Gasteiger partial charge in [-0.15, -0.1) is 13.2 Å². The number of alkyl halides is 3. The molecule has 1 fully saturated rings. The van der Waals surface area contributed by atoms with E-state index < -0.39 is 18.0 Å². The van der Waals surface area contributed by atoms with Crippen molar-refractivity contribution in [1.29, 1.82) is 0 Å². The van der Waals surface area contributed by atoms with E-state index in [1.807, 2.05) is 13.0 Å². The van der Waals surface area contributed by atoms with Gasteiger partial charge in [0.1, 0.15) is 11.4 Å². The number of hydrogen-bond acceptors (Lipinski definition) is 9. The molecular weight excluding hydrogens is 465 g/mol. The maximum absolute atomic E-state index is 13.0. The molecule has 0 bridgehead atoms. The fourth-order valence-corrected chi connectivity index (χ4v) is 3.61. The van der Waals surface area contributed by atoms with Crippen LogP contribution in [0.15, 0.2) is 42.9 Å². The number of nitrogens with zero attached hydrogens (tertiary/aromatic N) is 5. The van der Waals surface area contributed by atoms with Crippen molar-refractivity contribution in [2.45, 2.75) is 31.7 Å². The number of rotatable bonds is 5. The number of anilines is 3. The second kappa shape index (κ2) is 9.33. The van der Waals surface area contributed by atoms with Gasteiger partial charge in [0.15, 0.2) is 17.3 Å². The molecule has 13 heteroatoms. The molecule has 0 atom stereocenters. The minimum Gasteiger partial charge on any atom is -0.406 e. The minimum absolute atomic E-state index is 0.0185. The maximum atomic E-state index is 13.0. The zero-order valence-electron chi connectivity index (χ0n) is 18.7. The fraction of sp³-hybridized carbons (Fsp3) is 0.318. The Morgan fingerprint density at radius 2 is 1.89 bits per heavy atom. The highest BCUT2D eigenvalue weighted by atomic mass is 19.4. The largest absolute Gasteiger partial charge is 0.573 e. The summed E-state index contributed by atoms with van der Waals surface area (Å²) >= 11 is 0. The summed E-state index contributed by atoms with van der Waals surface area (Å²) in [6.07, 6.45) is 0.556. The van der Waals surface area contributed by atoms with Gasteiger partial charge in [-0.1, -0.05) is 0 Å². The Morgan fingerprint density at radius 1 is 1.14 bits per heavy atom. The van der Waals surface area contributed by atoms with E-state index in [-0.39, 0.29) is 28.4 Å². The number of pyridine rings is 2. The lowest BCUT2D eigenvalue weighted by Crippen LogP contribution is -2.48. The zero-order chi connectivity index (χ0) is 25.2. The molecule has 0 spiro atoms. The van der Waals surface area contributed by atoms with Crippen LogP contribution in [0.3, 0.4) is 0 Å². The van der Waals surface area contributed by atoms with Gasteiger partial charge in [0.05, 0.1) is 17.6 Å². The quantitative estimate of drug-likeness (QED) is 0.493. The third-order valence-electron chi connectivity index (χ3n) is 5.51. The van der Waals surface area contributed by atoms with E-state index in [2.05, 4.69) is 34.9 Å². The van der Waals surface area contributed by atoms with Crippen LogP contribution in [0.2, 0.25) is 0 Å². The summed E-state index contributed by atoms with van der Waals surface area (Å²) in [4.78, 5) is 31.5. The Hall–Kier alpha value is -4.00. The summed E-state index contributed by atoms with van der Waals surface area (Å²) in [7, 11) is 0. The molecule has 4 heterocycles. The first kappa shape index (κ1) is 24.1. The number of halogens is 3. The highest BCUT2D eigenvalue weighted by molar-refractivity contribution is 6.06. The summed E-state index contributed by atoms with van der Waals surface area (Å²) in [5.74, 6) is -1.02. The lowest BCUT2D eigenvalue weighted by molar-refractivity contribution is -0.274. The highest BCUT2D eigenvalue weighted by Gasteiger charge is 2.31. The van der Waals surface area contributed by atoms with E-state index >= 15 is 0 Å². The second-order valence-electron chi connectivity index (χ2n) is 8.38. The van der Waals surface area contributed by atoms with Gasteiger partial charge < -0.3 is 26.4 Å². The van der Waals surface area contributed by atoms with Crippen molar-refractivity contribution < 1.29 is 22.7 Å². The van der Waals surface area contributed by atoms with Crippen LogP contribution in [-0.4, -0.2) is 50.8 Å². The molecule has 0 unspecified atom stereocenters. The van der Waals surface area contributed by atoms with Crippen LogP contribution in [0.1, 0.15) is 30.3 Å². The second-order valence-corrected chi connectivity index (χ2v) is 8.38. The van der Waals surface area contributed by atoms with Crippen molar-refractivity contribution in [2.75, 3.05) is 29.0 Å². The van der Waals surface area contributed by atoms with Crippen LogP contribution >= 0.6 is 0 Å². The van der Waals surface area contributed by atoms with Gasteiger partial charge in [0.25, 0.3) is 5.91 Å². The van der Waals surface area contributed by atoms with E-state index in [9.17, 15) is 18.0 Å². The van der Waals surface area contributed by atoms with Gasteiger partial charge in [0.2, 0.25) is 0 Å². The Morgan fingerprint density at radius 3 is 2.60 bits per heavy atom. The van der Waals surface area contributed by atoms with E-state index in [1.165, 1.54) is 12.4 Å². The number of aromatic nitrogens is 4. The summed E-state index contributed by atoms with van der Waals surface area (Å²) in [5, 5.41) is 2.71. The van der Waals surface area contributed by atoms with Gasteiger partial charge in [-0.25, -0.2) is 15.0 Å². The zero-order valence-corrected chi connectivity index (χ0v) is 18.7. The Balaban J connectivity index is 1.57. The third-order valence-corrected chi connectivity index (χ3v) is 5.51. The SMILES string of the molecule is CC1(N)CCN(c2cccnc2NC(=O)c2nc(-c3cc(OC(F)(F)F)ccn3)cnc2N)CC1. The third kappa shape index (κ3) is 5.93. The van der Waals surface area contributed by atoms with Crippen LogP contribution in [0.5, 0.6) is 5.75 Å². The summed E-state index contributed by atoms with van der Waals surface area (Å²) in [6.45, 7) is 3.40. The molecule has 3 aromatic rings. The van der Waals surface area contributed by atoms with Gasteiger partial charge in [-0.2, -0.15) is 0 Å². The average Bonchev–Trinajstić information content (AvgIpc) is 2.79. The van der Waals surface area contributed by atoms with Crippen molar-refractivity contribution in [3.05, 3.63) is 48.5 Å². The normalized spacial score (nSPS) is 15.5. The fourth-order valence-electron chi connectivity index (χ4n) is 3.61. The molecule has 0 aromatic carbocycles. The number of carbonyl (C=O) groups excluding carboxylic acids is 1. The number of carbonyl (C=O) groups is 1. The minimum atomic E-state index is -4.87. The molecule has 4 rings (SSSR count). The summed E-state index contributed by atoms with van der Waals surface area (Å²) < 4.78 is 41.6. The van der Waals surface area contributed by atoms with Crippen LogP contribution in [-0.2, 0) is 0 Å². The molecule has 1 aliphatic rings. The Bertz CT molecular complexity index is 1230. The van der Waals surface area contributed by atoms with Crippen molar-refractivity contribution in [1.82, 2.24) is 19.9 Å². The first-order valence-corrected chi connectivity index (χ1v) is 10.7. The first-order valence-electron chi connectivity index (χ1n) is 10.7. The van der Waals surface area contributed by atoms with Gasteiger partial charge in [0, 0.05) is 37.1 Å². The number of piperidine rings is 1. The lowest BCUT2D eigenvalue weighted by Gasteiger charge is -2.38. The molecule has 1 aliphatic heterocycles. The van der Waals surface area contributed by atoms with Crippen molar-refractivity contribution in [3.63, 3.8) is 0 Å².